The number of aryl methyl sites for hydroxylation is 1. The normalized spacial score (nSPS) is 22.5. The van der Waals surface area contributed by atoms with Gasteiger partial charge in [-0.15, -0.1) is 0 Å². The van der Waals surface area contributed by atoms with Crippen molar-refractivity contribution in [2.24, 2.45) is 5.41 Å². The van der Waals surface area contributed by atoms with Crippen molar-refractivity contribution in [2.45, 2.75) is 56.8 Å². The molecule has 10 heteroatoms. The summed E-state index contributed by atoms with van der Waals surface area (Å²) in [5, 5.41) is 0. The van der Waals surface area contributed by atoms with Crippen LogP contribution in [0.25, 0.3) is 0 Å². The van der Waals surface area contributed by atoms with E-state index < -0.39 is 49.3 Å². The highest BCUT2D eigenvalue weighted by Gasteiger charge is 2.72. The molecule has 6 nitrogen and oxygen atoms in total. The second-order valence-corrected chi connectivity index (χ2v) is 11.5. The molecule has 2 aromatic carbocycles. The van der Waals surface area contributed by atoms with Crippen molar-refractivity contribution in [3.8, 4) is 0 Å². The molecule has 0 saturated carbocycles. The number of rotatable bonds is 5. The minimum absolute atomic E-state index is 0.0107. The molecule has 0 saturated heterocycles. The minimum atomic E-state index is -5.41. The van der Waals surface area contributed by atoms with Gasteiger partial charge in [-0.1, -0.05) is 61.9 Å². The van der Waals surface area contributed by atoms with Crippen molar-refractivity contribution >= 4 is 21.7 Å². The Morgan fingerprint density at radius 1 is 0.971 bits per heavy atom. The highest BCUT2D eigenvalue weighted by Crippen LogP contribution is 2.52. The van der Waals surface area contributed by atoms with Crippen molar-refractivity contribution in [1.82, 2.24) is 9.62 Å². The Morgan fingerprint density at radius 3 is 2.14 bits per heavy atom. The first kappa shape index (κ1) is 25.1. The number of carbonyl (C=O) groups is 2. The molecule has 2 aromatic rings. The van der Waals surface area contributed by atoms with Gasteiger partial charge < -0.3 is 4.90 Å². The number of carbonyl (C=O) groups excluding carboxylic acids is 2. The molecule has 1 heterocycles. The quantitative estimate of drug-likeness (QED) is 0.657. The van der Waals surface area contributed by atoms with Crippen LogP contribution in [-0.2, 0) is 26.2 Å². The molecule has 0 bridgehead atoms. The third kappa shape index (κ3) is 4.29. The van der Waals surface area contributed by atoms with Crippen molar-refractivity contribution in [3.63, 3.8) is 0 Å². The van der Waals surface area contributed by atoms with E-state index in [4.69, 9.17) is 0 Å². The number of benzene rings is 2. The lowest BCUT2D eigenvalue weighted by Crippen LogP contribution is -2.66. The summed E-state index contributed by atoms with van der Waals surface area (Å²) < 4.78 is 72.5. The van der Waals surface area contributed by atoms with Gasteiger partial charge in [0.05, 0.1) is 17.0 Å². The van der Waals surface area contributed by atoms with Crippen molar-refractivity contribution < 1.29 is 31.2 Å². The summed E-state index contributed by atoms with van der Waals surface area (Å²) in [6, 6.07) is 13.6. The van der Waals surface area contributed by atoms with Gasteiger partial charge in [0, 0.05) is 12.1 Å². The fourth-order valence-electron chi connectivity index (χ4n) is 4.70. The zero-order valence-corrected chi connectivity index (χ0v) is 20.3. The second-order valence-electron chi connectivity index (χ2n) is 9.81. The molecule has 0 fully saturated rings. The van der Waals surface area contributed by atoms with Crippen molar-refractivity contribution in [1.29, 1.82) is 0 Å². The van der Waals surface area contributed by atoms with Gasteiger partial charge in [0.15, 0.2) is 5.78 Å². The molecule has 1 aliphatic carbocycles. The molecule has 35 heavy (non-hydrogen) atoms. The first-order chi connectivity index (χ1) is 16.2. The number of halogens is 3. The monoisotopic (exact) mass is 506 g/mol. The van der Waals surface area contributed by atoms with Gasteiger partial charge >= 0.3 is 6.18 Å². The Kier molecular flexibility index (Phi) is 5.96. The number of allylic oxidation sites excluding steroid dienone is 1. The van der Waals surface area contributed by atoms with E-state index in [-0.39, 0.29) is 25.1 Å². The smallest absolute Gasteiger partial charge is 0.309 e. The number of ketones is 1. The van der Waals surface area contributed by atoms with Gasteiger partial charge in [0.2, 0.25) is 15.6 Å². The maximum Gasteiger partial charge on any atom is 0.421 e. The number of amides is 1. The van der Waals surface area contributed by atoms with Crippen LogP contribution in [0.4, 0.5) is 13.2 Å². The Labute approximate surface area is 201 Å². The molecular weight excluding hydrogens is 481 g/mol. The SMILES string of the molecule is Cc1ccc(S(=O)(=O)N[C@]2(C(F)(F)F)C(=O)N(Cc3ccccc3)C3=C2C(=O)CC(C)(C)C3)cc1. The van der Waals surface area contributed by atoms with Gasteiger partial charge in [-0.05, 0) is 36.5 Å². The molecule has 0 spiro atoms. The van der Waals surface area contributed by atoms with E-state index in [2.05, 4.69) is 0 Å². The van der Waals surface area contributed by atoms with Crippen LogP contribution in [0.15, 0.2) is 70.8 Å². The summed E-state index contributed by atoms with van der Waals surface area (Å²) in [5.41, 5.74) is -4.10. The van der Waals surface area contributed by atoms with Gasteiger partial charge in [0.1, 0.15) is 0 Å². The second kappa shape index (κ2) is 8.30. The molecule has 2 aliphatic rings. The lowest BCUT2D eigenvalue weighted by molar-refractivity contribution is -0.189. The Balaban J connectivity index is 1.92. The number of alkyl halides is 3. The highest BCUT2D eigenvalue weighted by molar-refractivity contribution is 7.89. The minimum Gasteiger partial charge on any atom is -0.309 e. The molecule has 1 N–H and O–H groups in total. The number of hydrogen-bond acceptors (Lipinski definition) is 4. The molecular formula is C25H25F3N2O4S. The van der Waals surface area contributed by atoms with Crippen LogP contribution < -0.4 is 4.72 Å². The van der Waals surface area contributed by atoms with Crippen molar-refractivity contribution in [3.05, 3.63) is 77.0 Å². The van der Waals surface area contributed by atoms with Crippen LogP contribution in [0, 0.1) is 12.3 Å². The third-order valence-corrected chi connectivity index (χ3v) is 7.81. The van der Waals surface area contributed by atoms with Gasteiger partial charge in [-0.3, -0.25) is 9.59 Å². The average molecular weight is 507 g/mol. The van der Waals surface area contributed by atoms with Crippen LogP contribution in [0.2, 0.25) is 0 Å². The third-order valence-electron chi connectivity index (χ3n) is 6.35. The van der Waals surface area contributed by atoms with Gasteiger partial charge in [-0.2, -0.15) is 17.9 Å². The van der Waals surface area contributed by atoms with Crippen molar-refractivity contribution in [2.75, 3.05) is 0 Å². The van der Waals surface area contributed by atoms with Gasteiger partial charge in [0.25, 0.3) is 5.91 Å². The lowest BCUT2D eigenvalue weighted by Gasteiger charge is -2.35. The summed E-state index contributed by atoms with van der Waals surface area (Å²) in [5.74, 6) is -2.43. The molecule has 0 aromatic heterocycles. The predicted octanol–water partition coefficient (Wildman–Crippen LogP) is 4.26. The number of Topliss-reactive ketones (excluding diaryl/α,β-unsaturated/α-hetero) is 1. The fraction of sp³-hybridized carbons (Fsp3) is 0.360. The number of hydrogen-bond donors (Lipinski definition) is 1. The Hall–Kier alpha value is -2.98. The van der Waals surface area contributed by atoms with E-state index in [1.165, 1.54) is 12.1 Å². The number of nitrogens with zero attached hydrogens (tertiary/aromatic N) is 1. The summed E-state index contributed by atoms with van der Waals surface area (Å²) in [4.78, 5) is 27.3. The maximum absolute atomic E-state index is 14.9. The molecule has 186 valence electrons. The zero-order valence-electron chi connectivity index (χ0n) is 19.4. The molecule has 1 aliphatic heterocycles. The summed E-state index contributed by atoms with van der Waals surface area (Å²) >= 11 is 0. The van der Waals surface area contributed by atoms with Crippen LogP contribution in [0.1, 0.15) is 37.8 Å². The Morgan fingerprint density at radius 2 is 1.57 bits per heavy atom. The fourth-order valence-corrected chi connectivity index (χ4v) is 6.02. The topological polar surface area (TPSA) is 83.6 Å². The Bertz CT molecular complexity index is 1320. The molecule has 0 radical (unpaired) electrons. The van der Waals surface area contributed by atoms with E-state index in [1.54, 1.807) is 55.8 Å². The van der Waals surface area contributed by atoms with Crippen LogP contribution >= 0.6 is 0 Å². The standard InChI is InChI=1S/C25H25F3N2O4S/c1-16-9-11-18(12-10-16)35(33,34)29-24(25(26,27)28)21-19(13-23(2,3)14-20(21)31)30(22(24)32)15-17-7-5-4-6-8-17/h4-12,29H,13-15H2,1-3H3/t24-/m0/s1. The lowest BCUT2D eigenvalue weighted by atomic mass is 9.72. The maximum atomic E-state index is 14.9. The molecule has 1 amide bonds. The molecule has 0 unspecified atom stereocenters. The summed E-state index contributed by atoms with van der Waals surface area (Å²) in [7, 11) is -4.84. The van der Waals surface area contributed by atoms with Gasteiger partial charge in [-0.25, -0.2) is 8.42 Å². The van der Waals surface area contributed by atoms with Crippen LogP contribution in [0.3, 0.4) is 0 Å². The van der Waals surface area contributed by atoms with E-state index in [0.717, 1.165) is 17.0 Å². The van der Waals surface area contributed by atoms with Crippen LogP contribution in [-0.4, -0.2) is 36.7 Å². The molecule has 4 rings (SSSR count). The first-order valence-corrected chi connectivity index (χ1v) is 12.5. The predicted molar refractivity (Wildman–Crippen MR) is 122 cm³/mol. The zero-order chi connectivity index (χ0) is 25.8. The highest BCUT2D eigenvalue weighted by atomic mass is 32.2. The number of nitrogens with one attached hydrogen (secondary N) is 1. The van der Waals surface area contributed by atoms with E-state index in [9.17, 15) is 31.2 Å². The van der Waals surface area contributed by atoms with E-state index in [0.29, 0.717) is 11.1 Å². The van der Waals surface area contributed by atoms with E-state index >= 15 is 0 Å². The number of sulfonamides is 1. The first-order valence-electron chi connectivity index (χ1n) is 11.0. The van der Waals surface area contributed by atoms with E-state index in [1.807, 2.05) is 0 Å². The summed E-state index contributed by atoms with van der Waals surface area (Å²) in [6.45, 7) is 4.92. The largest absolute Gasteiger partial charge is 0.421 e. The van der Waals surface area contributed by atoms with Crippen LogP contribution in [0.5, 0.6) is 0 Å². The average Bonchev–Trinajstić information content (AvgIpc) is 2.96. The molecule has 1 atom stereocenters. The summed E-state index contributed by atoms with van der Waals surface area (Å²) in [6.07, 6.45) is -5.65.